The van der Waals surface area contributed by atoms with Gasteiger partial charge in [0, 0.05) is 33.5 Å². The van der Waals surface area contributed by atoms with E-state index in [1.807, 2.05) is 93.6 Å². The Kier molecular flexibility index (Phi) is 4.63. The molecule has 1 saturated heterocycles. The highest BCUT2D eigenvalue weighted by molar-refractivity contribution is 6.18. The second-order valence-electron chi connectivity index (χ2n) is 8.59. The molecule has 0 bridgehead atoms. The second kappa shape index (κ2) is 7.38. The van der Waals surface area contributed by atoms with Crippen LogP contribution in [0.4, 0.5) is 11.4 Å². The Bertz CT molecular complexity index is 1340. The number of carbonyl (C=O) groups excluding carboxylic acids is 2. The van der Waals surface area contributed by atoms with E-state index >= 15 is 0 Å². The van der Waals surface area contributed by atoms with Crippen molar-refractivity contribution in [1.82, 2.24) is 4.98 Å². The predicted octanol–water partition coefficient (Wildman–Crippen LogP) is 5.36. The summed E-state index contributed by atoms with van der Waals surface area (Å²) in [5, 5.41) is 4.03. The SMILES string of the molecule is Cc1ccc(NC(=O)C2(c3c(C)[nH]c4ccccc34)CC(=O)N2c2ccc(C)cc2)cc1. The van der Waals surface area contributed by atoms with E-state index in [0.717, 1.165) is 39.0 Å². The van der Waals surface area contributed by atoms with Crippen molar-refractivity contribution in [3.8, 4) is 0 Å². The monoisotopic (exact) mass is 423 g/mol. The number of nitrogens with zero attached hydrogens (tertiary/aromatic N) is 1. The first kappa shape index (κ1) is 20.1. The first-order valence-electron chi connectivity index (χ1n) is 10.8. The van der Waals surface area contributed by atoms with Crippen LogP contribution in [0.15, 0.2) is 72.8 Å². The molecule has 1 atom stereocenters. The number of β-lactam (4-membered cyclic amide) rings is 1. The lowest BCUT2D eigenvalue weighted by Gasteiger charge is -2.50. The second-order valence-corrected chi connectivity index (χ2v) is 8.59. The van der Waals surface area contributed by atoms with Gasteiger partial charge >= 0.3 is 0 Å². The first-order valence-corrected chi connectivity index (χ1v) is 10.8. The molecule has 1 fully saturated rings. The van der Waals surface area contributed by atoms with E-state index in [1.165, 1.54) is 0 Å². The lowest BCUT2D eigenvalue weighted by atomic mass is 9.74. The minimum atomic E-state index is -1.14. The maximum absolute atomic E-state index is 14.0. The number of hydrogen-bond acceptors (Lipinski definition) is 2. The molecule has 32 heavy (non-hydrogen) atoms. The summed E-state index contributed by atoms with van der Waals surface area (Å²) in [6, 6.07) is 23.4. The van der Waals surface area contributed by atoms with Crippen molar-refractivity contribution in [2.45, 2.75) is 32.7 Å². The molecule has 1 aliphatic heterocycles. The van der Waals surface area contributed by atoms with E-state index in [4.69, 9.17) is 0 Å². The highest BCUT2D eigenvalue weighted by atomic mass is 16.2. The van der Waals surface area contributed by atoms with Gasteiger partial charge in [-0.1, -0.05) is 53.6 Å². The Morgan fingerprint density at radius 1 is 0.906 bits per heavy atom. The summed E-state index contributed by atoms with van der Waals surface area (Å²) in [6.45, 7) is 5.97. The summed E-state index contributed by atoms with van der Waals surface area (Å²) in [6.07, 6.45) is 0.112. The highest BCUT2D eigenvalue weighted by Crippen LogP contribution is 2.49. The van der Waals surface area contributed by atoms with E-state index in [0.29, 0.717) is 5.69 Å². The molecule has 4 aromatic rings. The average Bonchev–Trinajstić information content (AvgIpc) is 3.10. The Morgan fingerprint density at radius 2 is 1.53 bits per heavy atom. The number of aryl methyl sites for hydroxylation is 3. The average molecular weight is 424 g/mol. The summed E-state index contributed by atoms with van der Waals surface area (Å²) in [5.74, 6) is -0.285. The standard InChI is InChI=1S/C27H25N3O2/c1-17-8-12-20(13-9-17)29-26(32)27(25-19(3)28-23-7-5-4-6-22(23)25)16-24(31)30(27)21-14-10-18(2)11-15-21/h4-15,28H,16H2,1-3H3,(H,29,32). The van der Waals surface area contributed by atoms with Crippen LogP contribution < -0.4 is 10.2 Å². The van der Waals surface area contributed by atoms with Gasteiger partial charge in [0.05, 0.1) is 6.42 Å². The molecule has 0 radical (unpaired) electrons. The molecule has 1 aliphatic rings. The highest BCUT2D eigenvalue weighted by Gasteiger charge is 2.60. The third-order valence-electron chi connectivity index (χ3n) is 6.32. The van der Waals surface area contributed by atoms with Gasteiger partial charge in [-0.25, -0.2) is 0 Å². The van der Waals surface area contributed by atoms with Crippen LogP contribution >= 0.6 is 0 Å². The zero-order valence-corrected chi connectivity index (χ0v) is 18.4. The van der Waals surface area contributed by atoms with Crippen molar-refractivity contribution in [2.75, 3.05) is 10.2 Å². The van der Waals surface area contributed by atoms with Crippen molar-refractivity contribution >= 4 is 34.1 Å². The molecule has 5 rings (SSSR count). The number of nitrogens with one attached hydrogen (secondary N) is 2. The molecule has 2 amide bonds. The number of aromatic nitrogens is 1. The van der Waals surface area contributed by atoms with Crippen LogP contribution in [0.5, 0.6) is 0 Å². The number of benzene rings is 3. The molecular weight excluding hydrogens is 398 g/mol. The van der Waals surface area contributed by atoms with Gasteiger partial charge in [-0.15, -0.1) is 0 Å². The zero-order chi connectivity index (χ0) is 22.5. The summed E-state index contributed by atoms with van der Waals surface area (Å²) >= 11 is 0. The van der Waals surface area contributed by atoms with Crippen molar-refractivity contribution in [1.29, 1.82) is 0 Å². The van der Waals surface area contributed by atoms with Crippen LogP contribution in [0, 0.1) is 20.8 Å². The zero-order valence-electron chi connectivity index (χ0n) is 18.4. The fraction of sp³-hybridized carbons (Fsp3) is 0.185. The minimum Gasteiger partial charge on any atom is -0.358 e. The van der Waals surface area contributed by atoms with E-state index in [-0.39, 0.29) is 18.2 Å². The molecule has 5 nitrogen and oxygen atoms in total. The van der Waals surface area contributed by atoms with Gasteiger partial charge in [0.25, 0.3) is 5.91 Å². The molecule has 160 valence electrons. The van der Waals surface area contributed by atoms with Gasteiger partial charge in [0.1, 0.15) is 0 Å². The Morgan fingerprint density at radius 3 is 2.19 bits per heavy atom. The fourth-order valence-electron chi connectivity index (χ4n) is 4.73. The number of amides is 2. The predicted molar refractivity (Wildman–Crippen MR) is 128 cm³/mol. The molecule has 2 heterocycles. The van der Waals surface area contributed by atoms with Crippen molar-refractivity contribution in [2.24, 2.45) is 0 Å². The topological polar surface area (TPSA) is 65.2 Å². The number of hydrogen-bond donors (Lipinski definition) is 2. The molecule has 3 aromatic carbocycles. The van der Waals surface area contributed by atoms with Crippen LogP contribution in [0.1, 0.15) is 28.8 Å². The van der Waals surface area contributed by atoms with Gasteiger partial charge in [0.15, 0.2) is 5.54 Å². The molecule has 1 aromatic heterocycles. The molecule has 2 N–H and O–H groups in total. The minimum absolute atomic E-state index is 0.0717. The first-order chi connectivity index (χ1) is 15.4. The Hall–Kier alpha value is -3.86. The quantitative estimate of drug-likeness (QED) is 0.434. The van der Waals surface area contributed by atoms with Crippen LogP contribution in [0.25, 0.3) is 10.9 Å². The van der Waals surface area contributed by atoms with Crippen LogP contribution in [0.2, 0.25) is 0 Å². The lowest BCUT2D eigenvalue weighted by Crippen LogP contribution is -2.67. The van der Waals surface area contributed by atoms with Crippen molar-refractivity contribution < 1.29 is 9.59 Å². The third-order valence-corrected chi connectivity index (χ3v) is 6.32. The number of rotatable bonds is 4. The van der Waals surface area contributed by atoms with Crippen LogP contribution in [0.3, 0.4) is 0 Å². The Balaban J connectivity index is 1.69. The van der Waals surface area contributed by atoms with Crippen LogP contribution in [-0.2, 0) is 15.1 Å². The third kappa shape index (κ3) is 3.01. The summed E-state index contributed by atoms with van der Waals surface area (Å²) in [7, 11) is 0. The van der Waals surface area contributed by atoms with E-state index in [9.17, 15) is 9.59 Å². The largest absolute Gasteiger partial charge is 0.358 e. The maximum atomic E-state index is 14.0. The smallest absolute Gasteiger partial charge is 0.256 e. The van der Waals surface area contributed by atoms with Crippen molar-refractivity contribution in [3.05, 3.63) is 95.2 Å². The van der Waals surface area contributed by atoms with Gasteiger partial charge in [-0.05, 0) is 51.1 Å². The molecular formula is C27H25N3O2. The number of anilines is 2. The molecule has 0 saturated carbocycles. The van der Waals surface area contributed by atoms with E-state index < -0.39 is 5.54 Å². The maximum Gasteiger partial charge on any atom is 0.256 e. The lowest BCUT2D eigenvalue weighted by molar-refractivity contribution is -0.137. The number of carbonyl (C=O) groups is 2. The number of para-hydroxylation sites is 1. The summed E-state index contributed by atoms with van der Waals surface area (Å²) < 4.78 is 0. The van der Waals surface area contributed by atoms with Gasteiger partial charge < -0.3 is 10.3 Å². The molecule has 1 unspecified atom stereocenters. The van der Waals surface area contributed by atoms with Gasteiger partial charge in [-0.3, -0.25) is 14.5 Å². The number of aromatic amines is 1. The molecule has 5 heteroatoms. The van der Waals surface area contributed by atoms with E-state index in [2.05, 4.69) is 10.3 Å². The normalized spacial score (nSPS) is 18.0. The van der Waals surface area contributed by atoms with Crippen molar-refractivity contribution in [3.63, 3.8) is 0 Å². The van der Waals surface area contributed by atoms with Gasteiger partial charge in [0.2, 0.25) is 5.91 Å². The number of fused-ring (bicyclic) bond motifs is 1. The summed E-state index contributed by atoms with van der Waals surface area (Å²) in [4.78, 5) is 32.0. The molecule has 0 spiro atoms. The Labute approximate surface area is 187 Å². The molecule has 0 aliphatic carbocycles. The van der Waals surface area contributed by atoms with E-state index in [1.54, 1.807) is 4.90 Å². The van der Waals surface area contributed by atoms with Crippen LogP contribution in [-0.4, -0.2) is 16.8 Å². The fourth-order valence-corrected chi connectivity index (χ4v) is 4.73. The number of H-pyrrole nitrogens is 1. The van der Waals surface area contributed by atoms with Gasteiger partial charge in [-0.2, -0.15) is 0 Å². The summed E-state index contributed by atoms with van der Waals surface area (Å²) in [5.41, 5.74) is 5.18.